The summed E-state index contributed by atoms with van der Waals surface area (Å²) in [6.07, 6.45) is 1.81. The first kappa shape index (κ1) is 12.2. The Morgan fingerprint density at radius 2 is 2.06 bits per heavy atom. The zero-order chi connectivity index (χ0) is 12.3. The summed E-state index contributed by atoms with van der Waals surface area (Å²) in [4.78, 5) is 7.32. The van der Waals surface area contributed by atoms with E-state index in [0.29, 0.717) is 4.47 Å². The van der Waals surface area contributed by atoms with Crippen molar-refractivity contribution in [3.05, 3.63) is 39.8 Å². The van der Waals surface area contributed by atoms with Crippen LogP contribution in [0.5, 0.6) is 5.75 Å². The zero-order valence-corrected chi connectivity index (χ0v) is 11.3. The molecule has 3 nitrogen and oxygen atoms in total. The maximum Gasteiger partial charge on any atom is 0.183 e. The number of benzene rings is 1. The molecule has 2 rings (SSSR count). The molecule has 0 spiro atoms. The maximum absolute atomic E-state index is 5.80. The topological polar surface area (TPSA) is 25.4 Å². The van der Waals surface area contributed by atoms with Gasteiger partial charge in [-0.05, 0) is 24.3 Å². The number of ether oxygens (including phenoxy) is 1. The summed E-state index contributed by atoms with van der Waals surface area (Å²) in [5, 5.41) is 0. The number of anilines is 1. The maximum atomic E-state index is 5.80. The summed E-state index contributed by atoms with van der Waals surface area (Å²) >= 11 is 7.31. The predicted octanol–water partition coefficient (Wildman–Crippen LogP) is 3.44. The van der Waals surface area contributed by atoms with Crippen LogP contribution in [0.15, 0.2) is 30.5 Å². The lowest BCUT2D eigenvalue weighted by molar-refractivity contribution is 0.415. The molecule has 0 bridgehead atoms. The molecular weight excluding hydrogens is 256 g/mol. The Kier molecular flexibility index (Phi) is 3.86. The minimum absolute atomic E-state index is 0.586. The monoisotopic (exact) mass is 268 g/mol. The lowest BCUT2D eigenvalue weighted by Gasteiger charge is -2.18. The third-order valence-electron chi connectivity index (χ3n) is 2.43. The minimum atomic E-state index is 0.586. The van der Waals surface area contributed by atoms with Gasteiger partial charge in [0.05, 0.1) is 13.7 Å². The highest BCUT2D eigenvalue weighted by Crippen LogP contribution is 2.23. The molecule has 17 heavy (non-hydrogen) atoms. The Balaban J connectivity index is 2.06. The summed E-state index contributed by atoms with van der Waals surface area (Å²) in [5.41, 5.74) is 1.13. The van der Waals surface area contributed by atoms with E-state index in [1.807, 2.05) is 37.5 Å². The van der Waals surface area contributed by atoms with E-state index in [1.165, 1.54) is 11.3 Å². The van der Waals surface area contributed by atoms with Gasteiger partial charge in [-0.15, -0.1) is 11.3 Å². The molecule has 0 saturated carbocycles. The summed E-state index contributed by atoms with van der Waals surface area (Å²) in [5.74, 6) is 0.864. The van der Waals surface area contributed by atoms with Crippen LogP contribution in [-0.2, 0) is 6.54 Å². The minimum Gasteiger partial charge on any atom is -0.497 e. The number of hydrogen-bond acceptors (Lipinski definition) is 4. The molecule has 0 aliphatic carbocycles. The quantitative estimate of drug-likeness (QED) is 0.849. The highest BCUT2D eigenvalue weighted by atomic mass is 35.5. The zero-order valence-electron chi connectivity index (χ0n) is 9.68. The van der Waals surface area contributed by atoms with Crippen molar-refractivity contribution in [1.82, 2.24) is 4.98 Å². The molecule has 0 unspecified atom stereocenters. The van der Waals surface area contributed by atoms with E-state index in [1.54, 1.807) is 7.11 Å². The van der Waals surface area contributed by atoms with Gasteiger partial charge in [0.15, 0.2) is 4.47 Å². The van der Waals surface area contributed by atoms with E-state index in [2.05, 4.69) is 9.88 Å². The van der Waals surface area contributed by atoms with Crippen molar-refractivity contribution in [1.29, 1.82) is 0 Å². The largest absolute Gasteiger partial charge is 0.497 e. The second kappa shape index (κ2) is 5.38. The fraction of sp³-hybridized carbons (Fsp3) is 0.250. The molecule has 0 saturated heterocycles. The molecule has 0 fully saturated rings. The summed E-state index contributed by atoms with van der Waals surface area (Å²) in [7, 11) is 3.70. The van der Waals surface area contributed by atoms with Crippen LogP contribution >= 0.6 is 22.9 Å². The van der Waals surface area contributed by atoms with Gasteiger partial charge >= 0.3 is 0 Å². The number of aromatic nitrogens is 1. The molecule has 0 N–H and O–H groups in total. The lowest BCUT2D eigenvalue weighted by Crippen LogP contribution is -2.15. The Morgan fingerprint density at radius 1 is 1.35 bits per heavy atom. The Bertz CT molecular complexity index is 484. The van der Waals surface area contributed by atoms with Crippen LogP contribution in [-0.4, -0.2) is 19.1 Å². The van der Waals surface area contributed by atoms with Crippen molar-refractivity contribution < 1.29 is 4.74 Å². The second-order valence-corrected chi connectivity index (χ2v) is 5.33. The van der Waals surface area contributed by atoms with Crippen molar-refractivity contribution in [2.45, 2.75) is 6.54 Å². The van der Waals surface area contributed by atoms with E-state index in [4.69, 9.17) is 16.3 Å². The van der Waals surface area contributed by atoms with Gasteiger partial charge in [0.25, 0.3) is 0 Å². The summed E-state index contributed by atoms with van der Waals surface area (Å²) < 4.78 is 5.71. The van der Waals surface area contributed by atoms with Crippen LogP contribution in [0.1, 0.15) is 4.88 Å². The van der Waals surface area contributed by atoms with Gasteiger partial charge < -0.3 is 9.64 Å². The van der Waals surface area contributed by atoms with E-state index in [-0.39, 0.29) is 0 Å². The first-order valence-corrected chi connectivity index (χ1v) is 6.34. The van der Waals surface area contributed by atoms with Gasteiger partial charge in [-0.3, -0.25) is 0 Å². The van der Waals surface area contributed by atoms with E-state index in [9.17, 15) is 0 Å². The molecule has 0 atom stereocenters. The van der Waals surface area contributed by atoms with E-state index in [0.717, 1.165) is 22.9 Å². The molecule has 1 aromatic carbocycles. The fourth-order valence-electron chi connectivity index (χ4n) is 1.52. The molecule has 5 heteroatoms. The van der Waals surface area contributed by atoms with Gasteiger partial charge in [0.1, 0.15) is 5.75 Å². The number of thiazole rings is 1. The number of halogens is 1. The average molecular weight is 269 g/mol. The number of rotatable bonds is 4. The smallest absolute Gasteiger partial charge is 0.183 e. The predicted molar refractivity (Wildman–Crippen MR) is 72.2 cm³/mol. The van der Waals surface area contributed by atoms with Crippen molar-refractivity contribution in [3.63, 3.8) is 0 Å². The van der Waals surface area contributed by atoms with Crippen LogP contribution in [0.4, 0.5) is 5.69 Å². The average Bonchev–Trinajstić information content (AvgIpc) is 2.75. The lowest BCUT2D eigenvalue weighted by atomic mass is 10.3. The van der Waals surface area contributed by atoms with Crippen LogP contribution in [0, 0.1) is 0 Å². The third-order valence-corrected chi connectivity index (χ3v) is 3.53. The first-order chi connectivity index (χ1) is 8.19. The third kappa shape index (κ3) is 3.11. The summed E-state index contributed by atoms with van der Waals surface area (Å²) in [6.45, 7) is 0.802. The number of methoxy groups -OCH3 is 1. The standard InChI is InChI=1S/C12H13ClN2OS/c1-15(8-11-7-14-12(13)17-11)9-3-5-10(16-2)6-4-9/h3-7H,8H2,1-2H3. The molecule has 0 aliphatic rings. The molecule has 1 heterocycles. The second-order valence-electron chi connectivity index (χ2n) is 3.63. The van der Waals surface area contributed by atoms with Crippen LogP contribution in [0.3, 0.4) is 0 Å². The highest BCUT2D eigenvalue weighted by molar-refractivity contribution is 7.15. The van der Waals surface area contributed by atoms with Gasteiger partial charge in [-0.25, -0.2) is 4.98 Å². The van der Waals surface area contributed by atoms with Gasteiger partial charge in [0, 0.05) is 23.8 Å². The van der Waals surface area contributed by atoms with E-state index >= 15 is 0 Å². The van der Waals surface area contributed by atoms with Crippen molar-refractivity contribution in [2.75, 3.05) is 19.1 Å². The molecule has 1 aromatic heterocycles. The van der Waals surface area contributed by atoms with Crippen LogP contribution < -0.4 is 9.64 Å². The van der Waals surface area contributed by atoms with Gasteiger partial charge in [-0.1, -0.05) is 11.6 Å². The first-order valence-electron chi connectivity index (χ1n) is 5.14. The molecular formula is C12H13ClN2OS. The molecule has 0 radical (unpaired) electrons. The Hall–Kier alpha value is -1.26. The van der Waals surface area contributed by atoms with Gasteiger partial charge in [0.2, 0.25) is 0 Å². The molecule has 0 amide bonds. The molecule has 2 aromatic rings. The van der Waals surface area contributed by atoms with Crippen molar-refractivity contribution in [2.24, 2.45) is 0 Å². The summed E-state index contributed by atoms with van der Waals surface area (Å²) in [6, 6.07) is 7.96. The fourth-order valence-corrected chi connectivity index (χ4v) is 2.55. The van der Waals surface area contributed by atoms with Crippen molar-refractivity contribution in [3.8, 4) is 5.75 Å². The van der Waals surface area contributed by atoms with Gasteiger partial charge in [-0.2, -0.15) is 0 Å². The van der Waals surface area contributed by atoms with E-state index < -0.39 is 0 Å². The Morgan fingerprint density at radius 3 is 2.59 bits per heavy atom. The normalized spacial score (nSPS) is 10.3. The Labute approximate surface area is 110 Å². The highest BCUT2D eigenvalue weighted by Gasteiger charge is 2.05. The van der Waals surface area contributed by atoms with Crippen molar-refractivity contribution >= 4 is 28.6 Å². The molecule has 90 valence electrons. The number of nitrogens with zero attached hydrogens (tertiary/aromatic N) is 2. The van der Waals surface area contributed by atoms with Crippen LogP contribution in [0.2, 0.25) is 4.47 Å². The molecule has 0 aliphatic heterocycles. The SMILES string of the molecule is COc1ccc(N(C)Cc2cnc(Cl)s2)cc1. The number of hydrogen-bond donors (Lipinski definition) is 0. The van der Waals surface area contributed by atoms with Crippen LogP contribution in [0.25, 0.3) is 0 Å².